The first-order valence-corrected chi connectivity index (χ1v) is 13.9. The molecule has 202 valence electrons. The fraction of sp³-hybridized carbons (Fsp3) is 0.793. The van der Waals surface area contributed by atoms with Crippen molar-refractivity contribution in [3.8, 4) is 0 Å². The number of nitrogens with one attached hydrogen (secondary N) is 1. The molecule has 6 nitrogen and oxygen atoms in total. The number of hydrogen-bond donors (Lipinski definition) is 1. The molecule has 0 aromatic heterocycles. The van der Waals surface area contributed by atoms with Crippen LogP contribution in [-0.2, 0) is 23.9 Å². The Morgan fingerprint density at radius 3 is 2.40 bits per heavy atom. The molecule has 0 bridgehead atoms. The first kappa shape index (κ1) is 31.4. The van der Waals surface area contributed by atoms with Crippen molar-refractivity contribution in [3.05, 3.63) is 24.3 Å². The number of unbranched alkanes of at least 4 members (excludes halogenated alkanes) is 6. The zero-order valence-corrected chi connectivity index (χ0v) is 22.9. The summed E-state index contributed by atoms with van der Waals surface area (Å²) in [5.74, 6) is -0.191. The highest BCUT2D eigenvalue weighted by Gasteiger charge is 2.43. The Bertz CT molecular complexity index is 631. The number of rotatable bonds is 21. The third-order valence-corrected chi connectivity index (χ3v) is 6.40. The van der Waals surface area contributed by atoms with E-state index in [-0.39, 0.29) is 30.1 Å². The largest absolute Gasteiger partial charge is 0.461 e. The lowest BCUT2D eigenvalue weighted by molar-refractivity contribution is -0.190. The molecule has 0 saturated carbocycles. The number of carbonyl (C=O) groups excluding carboxylic acids is 2. The van der Waals surface area contributed by atoms with Crippen LogP contribution >= 0.6 is 0 Å². The van der Waals surface area contributed by atoms with Crippen molar-refractivity contribution in [2.45, 2.75) is 129 Å². The number of ether oxygens (including phenoxy) is 2. The second-order valence-electron chi connectivity index (χ2n) is 10.1. The number of carbonyl (C=O) groups is 2. The number of hydrogen-bond acceptors (Lipinski definition) is 6. The fourth-order valence-electron chi connectivity index (χ4n) is 4.36. The predicted octanol–water partition coefficient (Wildman–Crippen LogP) is 6.84. The minimum atomic E-state index is -0.522. The van der Waals surface area contributed by atoms with Crippen LogP contribution in [0.4, 0.5) is 0 Å². The Hall–Kier alpha value is -1.66. The van der Waals surface area contributed by atoms with Gasteiger partial charge in [0.05, 0.1) is 13.0 Å². The van der Waals surface area contributed by atoms with Gasteiger partial charge in [0, 0.05) is 12.8 Å². The van der Waals surface area contributed by atoms with Gasteiger partial charge in [-0.3, -0.25) is 9.59 Å². The lowest BCUT2D eigenvalue weighted by Crippen LogP contribution is -2.48. The van der Waals surface area contributed by atoms with Crippen molar-refractivity contribution in [3.63, 3.8) is 0 Å². The topological polar surface area (TPSA) is 73.9 Å². The van der Waals surface area contributed by atoms with Crippen LogP contribution in [0.5, 0.6) is 0 Å². The minimum Gasteiger partial charge on any atom is -0.461 e. The molecule has 0 aliphatic carbocycles. The summed E-state index contributed by atoms with van der Waals surface area (Å²) in [7, 11) is 1.51. The van der Waals surface area contributed by atoms with Crippen LogP contribution in [0.25, 0.3) is 0 Å². The molecule has 1 aliphatic heterocycles. The lowest BCUT2D eigenvalue weighted by atomic mass is 9.87. The van der Waals surface area contributed by atoms with Crippen LogP contribution in [0.3, 0.4) is 0 Å². The minimum absolute atomic E-state index is 0.0772. The third kappa shape index (κ3) is 13.9. The first-order chi connectivity index (χ1) is 16.9. The van der Waals surface area contributed by atoms with E-state index in [0.717, 1.165) is 32.1 Å². The van der Waals surface area contributed by atoms with Crippen molar-refractivity contribution < 1.29 is 23.9 Å². The quantitative estimate of drug-likeness (QED) is 0.0817. The molecule has 6 heteroatoms. The summed E-state index contributed by atoms with van der Waals surface area (Å²) in [6.45, 7) is 8.51. The fourth-order valence-corrected chi connectivity index (χ4v) is 4.36. The summed E-state index contributed by atoms with van der Waals surface area (Å²) >= 11 is 0. The molecule has 35 heavy (non-hydrogen) atoms. The van der Waals surface area contributed by atoms with E-state index < -0.39 is 6.04 Å². The van der Waals surface area contributed by atoms with Crippen LogP contribution < -0.4 is 5.48 Å². The molecule has 0 aromatic rings. The Labute approximate surface area is 214 Å². The van der Waals surface area contributed by atoms with Gasteiger partial charge in [-0.1, -0.05) is 90.5 Å². The normalized spacial score (nSPS) is 19.8. The average molecular weight is 494 g/mol. The van der Waals surface area contributed by atoms with E-state index in [1.807, 2.05) is 0 Å². The lowest BCUT2D eigenvalue weighted by Gasteiger charge is -2.37. The predicted molar refractivity (Wildman–Crippen MR) is 142 cm³/mol. The second kappa shape index (κ2) is 19.5. The van der Waals surface area contributed by atoms with Crippen molar-refractivity contribution in [2.24, 2.45) is 11.8 Å². The zero-order valence-electron chi connectivity index (χ0n) is 22.9. The molecule has 0 radical (unpaired) electrons. The van der Waals surface area contributed by atoms with Crippen LogP contribution in [0.1, 0.15) is 111 Å². The smallest absolute Gasteiger partial charge is 0.325 e. The molecular formula is C29H51NO5. The molecule has 1 rings (SSSR count). The molecule has 1 saturated heterocycles. The van der Waals surface area contributed by atoms with Gasteiger partial charge in [0.25, 0.3) is 0 Å². The molecule has 1 heterocycles. The van der Waals surface area contributed by atoms with Crippen molar-refractivity contribution in [1.82, 2.24) is 5.48 Å². The summed E-state index contributed by atoms with van der Waals surface area (Å²) < 4.78 is 11.4. The Kier molecular flexibility index (Phi) is 17.5. The molecular weight excluding hydrogens is 442 g/mol. The highest BCUT2D eigenvalue weighted by molar-refractivity contribution is 5.78. The molecule has 0 amide bonds. The molecule has 0 spiro atoms. The van der Waals surface area contributed by atoms with Crippen molar-refractivity contribution >= 4 is 11.9 Å². The zero-order chi connectivity index (χ0) is 25.9. The maximum atomic E-state index is 12.9. The Morgan fingerprint density at radius 2 is 1.74 bits per heavy atom. The van der Waals surface area contributed by atoms with E-state index in [1.165, 1.54) is 39.2 Å². The van der Waals surface area contributed by atoms with Crippen LogP contribution in [-0.4, -0.2) is 37.3 Å². The van der Waals surface area contributed by atoms with Gasteiger partial charge in [-0.15, -0.1) is 0 Å². The molecule has 0 aromatic carbocycles. The standard InChI is InChI=1S/C29H51NO5/c1-6-8-10-12-13-14-15-16-17-19-24(34-29(32)26(30-33-5)21-23(3)4)22-27-25(28(31)35-27)20-18-11-9-7-2/h13-14,16-17,23-27,30H,6-12,15,18-22H2,1-5H3/b14-13+,17-16+. The first-order valence-electron chi connectivity index (χ1n) is 13.9. The van der Waals surface area contributed by atoms with Crippen LogP contribution in [0.2, 0.25) is 0 Å². The third-order valence-electron chi connectivity index (χ3n) is 6.40. The van der Waals surface area contributed by atoms with Gasteiger partial charge in [0.1, 0.15) is 18.2 Å². The summed E-state index contributed by atoms with van der Waals surface area (Å²) in [4.78, 5) is 30.0. The van der Waals surface area contributed by atoms with Gasteiger partial charge < -0.3 is 14.3 Å². The average Bonchev–Trinajstić information content (AvgIpc) is 2.81. The van der Waals surface area contributed by atoms with Gasteiger partial charge >= 0.3 is 11.9 Å². The van der Waals surface area contributed by atoms with E-state index in [0.29, 0.717) is 25.2 Å². The van der Waals surface area contributed by atoms with E-state index in [4.69, 9.17) is 14.3 Å². The van der Waals surface area contributed by atoms with E-state index in [2.05, 4.69) is 57.5 Å². The summed E-state index contributed by atoms with van der Waals surface area (Å²) in [6, 6.07) is -0.522. The van der Waals surface area contributed by atoms with Gasteiger partial charge in [-0.05, 0) is 38.0 Å². The number of allylic oxidation sites excluding steroid dienone is 3. The van der Waals surface area contributed by atoms with Gasteiger partial charge in [-0.25, -0.2) is 0 Å². The van der Waals surface area contributed by atoms with E-state index in [9.17, 15) is 9.59 Å². The van der Waals surface area contributed by atoms with E-state index >= 15 is 0 Å². The number of hydroxylamine groups is 1. The molecule has 1 aliphatic rings. The van der Waals surface area contributed by atoms with Crippen LogP contribution in [0.15, 0.2) is 24.3 Å². The van der Waals surface area contributed by atoms with Crippen LogP contribution in [0, 0.1) is 11.8 Å². The Morgan fingerprint density at radius 1 is 1.03 bits per heavy atom. The summed E-state index contributed by atoms with van der Waals surface area (Å²) in [5, 5.41) is 0. The SMILES string of the molecule is CCCCC/C=C/C/C=C/CC(CC1OC(=O)C1CCCCCC)OC(=O)C(CC(C)C)NOC. The van der Waals surface area contributed by atoms with Gasteiger partial charge in [0.2, 0.25) is 0 Å². The highest BCUT2D eigenvalue weighted by Crippen LogP contribution is 2.32. The monoisotopic (exact) mass is 493 g/mol. The van der Waals surface area contributed by atoms with E-state index in [1.54, 1.807) is 0 Å². The summed E-state index contributed by atoms with van der Waals surface area (Å²) in [6.07, 6.45) is 21.0. The Balaban J connectivity index is 2.69. The summed E-state index contributed by atoms with van der Waals surface area (Å²) in [5.41, 5.74) is 2.77. The number of esters is 2. The highest BCUT2D eigenvalue weighted by atomic mass is 16.6. The number of cyclic esters (lactones) is 1. The maximum absolute atomic E-state index is 12.9. The molecule has 4 atom stereocenters. The van der Waals surface area contributed by atoms with Gasteiger partial charge in [0.15, 0.2) is 0 Å². The second-order valence-corrected chi connectivity index (χ2v) is 10.1. The molecule has 1 fully saturated rings. The van der Waals surface area contributed by atoms with Crippen molar-refractivity contribution in [1.29, 1.82) is 0 Å². The molecule has 4 unspecified atom stereocenters. The van der Waals surface area contributed by atoms with Gasteiger partial charge in [-0.2, -0.15) is 5.48 Å². The maximum Gasteiger partial charge on any atom is 0.325 e. The van der Waals surface area contributed by atoms with Crippen molar-refractivity contribution in [2.75, 3.05) is 7.11 Å². The molecule has 1 N–H and O–H groups in total.